The molecule has 0 bridgehead atoms. The zero-order valence-electron chi connectivity index (χ0n) is 21.5. The monoisotopic (exact) mass is 492 g/mol. The Kier molecular flexibility index (Phi) is 5.55. The molecule has 0 unspecified atom stereocenters. The third-order valence-electron chi connectivity index (χ3n) is 7.23. The van der Waals surface area contributed by atoms with Gasteiger partial charge in [0.25, 0.3) is 0 Å². The molecule has 3 aromatic carbocycles. The van der Waals surface area contributed by atoms with Gasteiger partial charge < -0.3 is 15.5 Å². The maximum absolute atomic E-state index is 12.7. The highest BCUT2D eigenvalue weighted by atomic mass is 16.6. The Morgan fingerprint density at radius 1 is 0.973 bits per heavy atom. The molecule has 6 rings (SSSR count). The van der Waals surface area contributed by atoms with E-state index in [4.69, 9.17) is 10.5 Å². The minimum absolute atomic E-state index is 0.0891. The van der Waals surface area contributed by atoms with E-state index in [1.165, 1.54) is 33.4 Å². The third-order valence-corrected chi connectivity index (χ3v) is 7.23. The summed E-state index contributed by atoms with van der Waals surface area (Å²) >= 11 is 0. The van der Waals surface area contributed by atoms with Gasteiger partial charge in [0, 0.05) is 12.2 Å². The number of likely N-dealkylation sites (tertiary alicyclic amines) is 1. The second-order valence-corrected chi connectivity index (χ2v) is 11.1. The number of benzene rings is 3. The Labute approximate surface area is 217 Å². The fourth-order valence-electron chi connectivity index (χ4n) is 5.50. The molecule has 1 amide bonds. The minimum Gasteiger partial charge on any atom is -0.444 e. The number of nitrogens with two attached hydrogens (primary N) is 1. The summed E-state index contributed by atoms with van der Waals surface area (Å²) in [5, 5.41) is 0. The number of aromatic amines is 1. The number of carbonyl (C=O) groups is 1. The van der Waals surface area contributed by atoms with Gasteiger partial charge in [0.15, 0.2) is 0 Å². The number of imidazole rings is 1. The van der Waals surface area contributed by atoms with Crippen LogP contribution in [0, 0.1) is 0 Å². The molecule has 1 aromatic heterocycles. The molecule has 1 fully saturated rings. The van der Waals surface area contributed by atoms with E-state index in [2.05, 4.69) is 64.6 Å². The highest BCUT2D eigenvalue weighted by Gasteiger charge is 2.34. The van der Waals surface area contributed by atoms with Crippen LogP contribution in [0.5, 0.6) is 0 Å². The molecule has 6 heteroatoms. The third kappa shape index (κ3) is 4.48. The predicted octanol–water partition coefficient (Wildman–Crippen LogP) is 6.97. The first-order valence-electron chi connectivity index (χ1n) is 12.9. The van der Waals surface area contributed by atoms with E-state index in [0.29, 0.717) is 6.54 Å². The number of rotatable bonds is 3. The Hall–Kier alpha value is -4.06. The van der Waals surface area contributed by atoms with Crippen LogP contribution in [0.2, 0.25) is 0 Å². The fraction of sp³-hybridized carbons (Fsp3) is 0.290. The van der Waals surface area contributed by atoms with E-state index < -0.39 is 5.60 Å². The van der Waals surface area contributed by atoms with E-state index in [1.807, 2.05) is 33.0 Å². The average Bonchev–Trinajstić information content (AvgIpc) is 3.60. The van der Waals surface area contributed by atoms with E-state index >= 15 is 0 Å². The van der Waals surface area contributed by atoms with Gasteiger partial charge in [0.2, 0.25) is 0 Å². The summed E-state index contributed by atoms with van der Waals surface area (Å²) in [6, 6.07) is 21.4. The van der Waals surface area contributed by atoms with Crippen LogP contribution < -0.4 is 5.73 Å². The van der Waals surface area contributed by atoms with Gasteiger partial charge in [-0.2, -0.15) is 0 Å². The summed E-state index contributed by atoms with van der Waals surface area (Å²) in [7, 11) is 0. The number of amides is 1. The molecule has 4 aromatic rings. The van der Waals surface area contributed by atoms with Gasteiger partial charge in [0.1, 0.15) is 11.4 Å². The van der Waals surface area contributed by atoms with Crippen LogP contribution in [0.1, 0.15) is 56.6 Å². The SMILES string of the molecule is CC(C)(C)OC(=O)N1CCC[C@H]1c1ncc(-c2ccc(-c3ccc4c(c3)Cc3cc(N)ccc3-4)cc2)[nH]1. The number of carbonyl (C=O) groups excluding carboxylic acids is 1. The summed E-state index contributed by atoms with van der Waals surface area (Å²) in [6.45, 7) is 6.36. The number of nitrogen functional groups attached to an aromatic ring is 1. The van der Waals surface area contributed by atoms with E-state index in [0.717, 1.165) is 42.0 Å². The number of H-pyrrole nitrogens is 1. The molecule has 188 valence electrons. The van der Waals surface area contributed by atoms with Crippen LogP contribution in [0.3, 0.4) is 0 Å². The maximum atomic E-state index is 12.7. The number of nitrogens with zero attached hydrogens (tertiary/aromatic N) is 2. The Bertz CT molecular complexity index is 1480. The normalized spacial score (nSPS) is 16.5. The second kappa shape index (κ2) is 8.80. The number of nitrogens with one attached hydrogen (secondary N) is 1. The molecule has 1 aliphatic heterocycles. The summed E-state index contributed by atoms with van der Waals surface area (Å²) < 4.78 is 5.61. The van der Waals surface area contributed by atoms with Gasteiger partial charge >= 0.3 is 6.09 Å². The molecule has 0 spiro atoms. The van der Waals surface area contributed by atoms with Crippen LogP contribution in [-0.2, 0) is 11.2 Å². The average molecular weight is 493 g/mol. The van der Waals surface area contributed by atoms with Crippen LogP contribution in [0.25, 0.3) is 33.5 Å². The molecule has 1 aliphatic carbocycles. The quantitative estimate of drug-likeness (QED) is 0.266. The zero-order chi connectivity index (χ0) is 25.7. The van der Waals surface area contributed by atoms with Crippen molar-refractivity contribution in [2.24, 2.45) is 0 Å². The lowest BCUT2D eigenvalue weighted by atomic mass is 9.98. The molecule has 2 aliphatic rings. The topological polar surface area (TPSA) is 84.2 Å². The van der Waals surface area contributed by atoms with E-state index in [1.54, 1.807) is 4.90 Å². The highest BCUT2D eigenvalue weighted by molar-refractivity contribution is 5.81. The first-order chi connectivity index (χ1) is 17.7. The van der Waals surface area contributed by atoms with Crippen molar-refractivity contribution in [3.05, 3.63) is 83.8 Å². The molecule has 2 heterocycles. The molecule has 6 nitrogen and oxygen atoms in total. The Balaban J connectivity index is 1.19. The smallest absolute Gasteiger partial charge is 0.410 e. The lowest BCUT2D eigenvalue weighted by Crippen LogP contribution is -2.36. The zero-order valence-corrected chi connectivity index (χ0v) is 21.5. The van der Waals surface area contributed by atoms with Crippen molar-refractivity contribution < 1.29 is 9.53 Å². The first kappa shape index (κ1) is 23.3. The van der Waals surface area contributed by atoms with Gasteiger partial charge in [-0.05, 0) is 91.1 Å². The summed E-state index contributed by atoms with van der Waals surface area (Å²) in [4.78, 5) is 22.6. The van der Waals surface area contributed by atoms with Crippen molar-refractivity contribution in [2.45, 2.75) is 51.7 Å². The number of hydrogen-bond acceptors (Lipinski definition) is 4. The lowest BCUT2D eigenvalue weighted by Gasteiger charge is -2.27. The van der Waals surface area contributed by atoms with Crippen molar-refractivity contribution in [3.8, 4) is 33.5 Å². The van der Waals surface area contributed by atoms with Gasteiger partial charge in [-0.1, -0.05) is 48.5 Å². The van der Waals surface area contributed by atoms with E-state index in [9.17, 15) is 4.79 Å². The van der Waals surface area contributed by atoms with Gasteiger partial charge in [0.05, 0.1) is 17.9 Å². The molecule has 1 atom stereocenters. The molecular weight excluding hydrogens is 460 g/mol. The summed E-state index contributed by atoms with van der Waals surface area (Å²) in [5.41, 5.74) is 15.9. The Morgan fingerprint density at radius 2 is 1.65 bits per heavy atom. The lowest BCUT2D eigenvalue weighted by molar-refractivity contribution is 0.0218. The van der Waals surface area contributed by atoms with Crippen molar-refractivity contribution in [1.29, 1.82) is 0 Å². The van der Waals surface area contributed by atoms with Crippen LogP contribution in [0.15, 0.2) is 66.9 Å². The van der Waals surface area contributed by atoms with Crippen molar-refractivity contribution >= 4 is 11.8 Å². The number of aromatic nitrogens is 2. The number of anilines is 1. The molecule has 0 saturated carbocycles. The van der Waals surface area contributed by atoms with Gasteiger partial charge in [-0.3, -0.25) is 4.90 Å². The number of hydrogen-bond donors (Lipinski definition) is 2. The number of ether oxygens (including phenoxy) is 1. The van der Waals surface area contributed by atoms with Crippen molar-refractivity contribution in [3.63, 3.8) is 0 Å². The Morgan fingerprint density at radius 3 is 2.41 bits per heavy atom. The largest absolute Gasteiger partial charge is 0.444 e. The predicted molar refractivity (Wildman–Crippen MR) is 147 cm³/mol. The molecule has 1 saturated heterocycles. The summed E-state index contributed by atoms with van der Waals surface area (Å²) in [5.74, 6) is 0.807. The van der Waals surface area contributed by atoms with Crippen LogP contribution in [-0.4, -0.2) is 33.1 Å². The van der Waals surface area contributed by atoms with Crippen LogP contribution >= 0.6 is 0 Å². The maximum Gasteiger partial charge on any atom is 0.410 e. The standard InChI is InChI=1S/C31H32N4O2/c1-31(2,3)37-30(36)35-14-4-5-28(35)29-33-18-27(34-29)20-8-6-19(7-9-20)21-10-12-25-22(15-21)16-23-17-24(32)11-13-26(23)25/h6-13,15,17-18,28H,4-5,14,16,32H2,1-3H3,(H,33,34)/t28-/m0/s1. The van der Waals surface area contributed by atoms with Gasteiger partial charge in [-0.25, -0.2) is 9.78 Å². The fourth-order valence-corrected chi connectivity index (χ4v) is 5.50. The van der Waals surface area contributed by atoms with Crippen molar-refractivity contribution in [1.82, 2.24) is 14.9 Å². The highest BCUT2D eigenvalue weighted by Crippen LogP contribution is 2.40. The van der Waals surface area contributed by atoms with Gasteiger partial charge in [-0.15, -0.1) is 0 Å². The van der Waals surface area contributed by atoms with Crippen LogP contribution in [0.4, 0.5) is 10.5 Å². The molecule has 0 radical (unpaired) electrons. The molecule has 3 N–H and O–H groups in total. The minimum atomic E-state index is -0.517. The first-order valence-corrected chi connectivity index (χ1v) is 12.9. The number of fused-ring (bicyclic) bond motifs is 3. The molecular formula is C31H32N4O2. The molecule has 37 heavy (non-hydrogen) atoms. The summed E-state index contributed by atoms with van der Waals surface area (Å²) in [6.07, 6.45) is 4.31. The second-order valence-electron chi connectivity index (χ2n) is 11.1. The van der Waals surface area contributed by atoms with E-state index in [-0.39, 0.29) is 12.1 Å². The van der Waals surface area contributed by atoms with Crippen molar-refractivity contribution in [2.75, 3.05) is 12.3 Å².